The van der Waals surface area contributed by atoms with Crippen LogP contribution in [0.4, 0.5) is 0 Å². The van der Waals surface area contributed by atoms with Crippen molar-refractivity contribution in [2.45, 2.75) is 19.8 Å². The van der Waals surface area contributed by atoms with Crippen molar-refractivity contribution in [2.75, 3.05) is 12.5 Å². The van der Waals surface area contributed by atoms with Gasteiger partial charge in [-0.2, -0.15) is 0 Å². The zero-order chi connectivity index (χ0) is 10.8. The summed E-state index contributed by atoms with van der Waals surface area (Å²) in [6.45, 7) is 2.98. The highest BCUT2D eigenvalue weighted by Crippen LogP contribution is 2.34. The normalized spacial score (nSPS) is 15.9. The van der Waals surface area contributed by atoms with E-state index in [0.29, 0.717) is 11.8 Å². The molecule has 2 rings (SSSR count). The van der Waals surface area contributed by atoms with E-state index in [0.717, 1.165) is 29.7 Å². The molecule has 0 amide bonds. The largest absolute Gasteiger partial charge is 0.493 e. The van der Waals surface area contributed by atoms with Crippen LogP contribution in [0, 0.1) is 5.92 Å². The molecule has 1 heterocycles. The van der Waals surface area contributed by atoms with Crippen LogP contribution < -0.4 is 4.74 Å². The summed E-state index contributed by atoms with van der Waals surface area (Å²) >= 11 is 9.38. The number of ether oxygens (including phenoxy) is 1. The van der Waals surface area contributed by atoms with Crippen LogP contribution in [0.1, 0.15) is 18.1 Å². The van der Waals surface area contributed by atoms with Crippen molar-refractivity contribution in [1.29, 1.82) is 0 Å². The number of rotatable bonds is 3. The Bertz CT molecular complexity index is 365. The van der Waals surface area contributed by atoms with Gasteiger partial charge >= 0.3 is 0 Å². The summed E-state index contributed by atoms with van der Waals surface area (Å²) in [5.41, 5.74) is 2.60. The molecule has 82 valence electrons. The standard InChI is InChI=1S/C12H14BrClO/c1-8(7-14)4-10-6-11(13)5-9-2-3-15-12(9)10/h5-6,8H,2-4,7H2,1H3. The molecule has 0 saturated heterocycles. The molecular weight excluding hydrogens is 275 g/mol. The van der Waals surface area contributed by atoms with Gasteiger partial charge < -0.3 is 4.74 Å². The number of fused-ring (bicyclic) bond motifs is 1. The van der Waals surface area contributed by atoms with Crippen LogP contribution in [0.3, 0.4) is 0 Å². The maximum atomic E-state index is 5.84. The van der Waals surface area contributed by atoms with E-state index in [1.165, 1.54) is 11.1 Å². The fraction of sp³-hybridized carbons (Fsp3) is 0.500. The van der Waals surface area contributed by atoms with Gasteiger partial charge in [0.15, 0.2) is 0 Å². The monoisotopic (exact) mass is 288 g/mol. The van der Waals surface area contributed by atoms with Crippen molar-refractivity contribution in [3.63, 3.8) is 0 Å². The summed E-state index contributed by atoms with van der Waals surface area (Å²) in [6.07, 6.45) is 2.02. The van der Waals surface area contributed by atoms with Crippen molar-refractivity contribution in [2.24, 2.45) is 5.92 Å². The summed E-state index contributed by atoms with van der Waals surface area (Å²) in [7, 11) is 0. The lowest BCUT2D eigenvalue weighted by molar-refractivity contribution is 0.352. The van der Waals surface area contributed by atoms with Crippen LogP contribution in [-0.4, -0.2) is 12.5 Å². The molecule has 1 aromatic carbocycles. The summed E-state index contributed by atoms with van der Waals surface area (Å²) in [6, 6.07) is 4.30. The second kappa shape index (κ2) is 4.75. The van der Waals surface area contributed by atoms with E-state index in [9.17, 15) is 0 Å². The molecule has 1 unspecified atom stereocenters. The Morgan fingerprint density at radius 3 is 3.07 bits per heavy atom. The summed E-state index contributed by atoms with van der Waals surface area (Å²) < 4.78 is 6.81. The first kappa shape index (κ1) is 11.3. The van der Waals surface area contributed by atoms with Crippen LogP contribution in [-0.2, 0) is 12.8 Å². The summed E-state index contributed by atoms with van der Waals surface area (Å²) in [4.78, 5) is 0. The van der Waals surface area contributed by atoms with Crippen LogP contribution in [0.25, 0.3) is 0 Å². The summed E-state index contributed by atoms with van der Waals surface area (Å²) in [5.74, 6) is 2.28. The lowest BCUT2D eigenvalue weighted by atomic mass is 9.99. The maximum absolute atomic E-state index is 5.84. The summed E-state index contributed by atoms with van der Waals surface area (Å²) in [5, 5.41) is 0. The number of hydrogen-bond acceptors (Lipinski definition) is 1. The van der Waals surface area contributed by atoms with Gasteiger partial charge in [-0.15, -0.1) is 11.6 Å². The first-order chi connectivity index (χ1) is 7.20. The minimum absolute atomic E-state index is 0.495. The topological polar surface area (TPSA) is 9.23 Å². The molecule has 0 radical (unpaired) electrons. The molecule has 3 heteroatoms. The van der Waals surface area contributed by atoms with Crippen molar-refractivity contribution in [3.8, 4) is 5.75 Å². The second-order valence-corrected chi connectivity index (χ2v) is 5.34. The van der Waals surface area contributed by atoms with E-state index < -0.39 is 0 Å². The molecule has 0 fully saturated rings. The van der Waals surface area contributed by atoms with Crippen molar-refractivity contribution < 1.29 is 4.74 Å². The van der Waals surface area contributed by atoms with Gasteiger partial charge in [0.1, 0.15) is 5.75 Å². The van der Waals surface area contributed by atoms with Gasteiger partial charge in [-0.1, -0.05) is 22.9 Å². The van der Waals surface area contributed by atoms with Crippen molar-refractivity contribution >= 4 is 27.5 Å². The zero-order valence-electron chi connectivity index (χ0n) is 8.72. The number of alkyl halides is 1. The second-order valence-electron chi connectivity index (χ2n) is 4.12. The molecule has 1 aromatic rings. The molecule has 15 heavy (non-hydrogen) atoms. The Morgan fingerprint density at radius 2 is 2.33 bits per heavy atom. The predicted octanol–water partition coefficient (Wildman–Crippen LogP) is 3.80. The van der Waals surface area contributed by atoms with Gasteiger partial charge in [0, 0.05) is 16.8 Å². The third-order valence-corrected chi connectivity index (χ3v) is 3.64. The average molecular weight is 290 g/mol. The molecule has 0 aliphatic carbocycles. The number of benzene rings is 1. The highest BCUT2D eigenvalue weighted by molar-refractivity contribution is 9.10. The molecule has 0 saturated carbocycles. The number of halogens is 2. The Hall–Kier alpha value is -0.210. The quantitative estimate of drug-likeness (QED) is 0.769. The van der Waals surface area contributed by atoms with Gasteiger partial charge in [0.05, 0.1) is 6.61 Å². The third kappa shape index (κ3) is 2.48. The van der Waals surface area contributed by atoms with E-state index in [1.807, 2.05) is 0 Å². The van der Waals surface area contributed by atoms with Crippen molar-refractivity contribution in [3.05, 3.63) is 27.7 Å². The molecule has 1 aliphatic heterocycles. The van der Waals surface area contributed by atoms with Gasteiger partial charge in [-0.3, -0.25) is 0 Å². The zero-order valence-corrected chi connectivity index (χ0v) is 11.1. The van der Waals surface area contributed by atoms with E-state index in [-0.39, 0.29) is 0 Å². The fourth-order valence-electron chi connectivity index (χ4n) is 1.93. The predicted molar refractivity (Wildman–Crippen MR) is 66.9 cm³/mol. The fourth-order valence-corrected chi connectivity index (χ4v) is 2.59. The third-order valence-electron chi connectivity index (χ3n) is 2.66. The van der Waals surface area contributed by atoms with E-state index in [4.69, 9.17) is 16.3 Å². The Balaban J connectivity index is 2.30. The lowest BCUT2D eigenvalue weighted by Crippen LogP contribution is -2.02. The van der Waals surface area contributed by atoms with Gasteiger partial charge in [-0.05, 0) is 35.6 Å². The van der Waals surface area contributed by atoms with E-state index in [2.05, 4.69) is 35.0 Å². The molecule has 0 aromatic heterocycles. The molecule has 1 aliphatic rings. The first-order valence-electron chi connectivity index (χ1n) is 5.20. The van der Waals surface area contributed by atoms with Crippen LogP contribution >= 0.6 is 27.5 Å². The van der Waals surface area contributed by atoms with Gasteiger partial charge in [0.2, 0.25) is 0 Å². The first-order valence-corrected chi connectivity index (χ1v) is 6.53. The SMILES string of the molecule is CC(CCl)Cc1cc(Br)cc2c1OCC2. The van der Waals surface area contributed by atoms with Gasteiger partial charge in [0.25, 0.3) is 0 Å². The van der Waals surface area contributed by atoms with Crippen molar-refractivity contribution in [1.82, 2.24) is 0 Å². The number of hydrogen-bond donors (Lipinski definition) is 0. The minimum Gasteiger partial charge on any atom is -0.493 e. The van der Waals surface area contributed by atoms with E-state index in [1.54, 1.807) is 0 Å². The molecular formula is C12H14BrClO. The highest BCUT2D eigenvalue weighted by atomic mass is 79.9. The minimum atomic E-state index is 0.495. The molecule has 0 bridgehead atoms. The maximum Gasteiger partial charge on any atom is 0.125 e. The Labute approximate surface area is 104 Å². The average Bonchev–Trinajstić information content (AvgIpc) is 2.65. The van der Waals surface area contributed by atoms with E-state index >= 15 is 0 Å². The van der Waals surface area contributed by atoms with Crippen LogP contribution in [0.5, 0.6) is 5.75 Å². The Kier molecular flexibility index (Phi) is 3.57. The lowest BCUT2D eigenvalue weighted by Gasteiger charge is -2.12. The van der Waals surface area contributed by atoms with Gasteiger partial charge in [-0.25, -0.2) is 0 Å². The molecule has 0 N–H and O–H groups in total. The Morgan fingerprint density at radius 1 is 1.53 bits per heavy atom. The van der Waals surface area contributed by atoms with Crippen LogP contribution in [0.2, 0.25) is 0 Å². The smallest absolute Gasteiger partial charge is 0.125 e. The molecule has 0 spiro atoms. The molecule has 1 atom stereocenters. The molecule has 1 nitrogen and oxygen atoms in total. The highest BCUT2D eigenvalue weighted by Gasteiger charge is 2.18. The van der Waals surface area contributed by atoms with Crippen LogP contribution in [0.15, 0.2) is 16.6 Å².